The molecule has 0 amide bonds. The summed E-state index contributed by atoms with van der Waals surface area (Å²) in [5.74, 6) is 1.88. The van der Waals surface area contributed by atoms with Gasteiger partial charge >= 0.3 is 0 Å². The fourth-order valence-corrected chi connectivity index (χ4v) is 7.91. The normalized spacial score (nSPS) is 11.5. The van der Waals surface area contributed by atoms with Crippen LogP contribution < -0.4 is 0 Å². The zero-order valence-corrected chi connectivity index (χ0v) is 30.7. The van der Waals surface area contributed by atoms with Crippen molar-refractivity contribution in [1.82, 2.24) is 19.9 Å². The Labute approximate surface area is 328 Å². The molecule has 0 bridgehead atoms. The minimum absolute atomic E-state index is 0.620. The van der Waals surface area contributed by atoms with Crippen LogP contribution in [-0.2, 0) is 0 Å². The van der Waals surface area contributed by atoms with Gasteiger partial charge in [0.25, 0.3) is 0 Å². The van der Waals surface area contributed by atoms with E-state index in [9.17, 15) is 0 Å². The lowest BCUT2D eigenvalue weighted by Crippen LogP contribution is -2.00. The van der Waals surface area contributed by atoms with Crippen molar-refractivity contribution >= 4 is 43.6 Å². The number of fused-ring (bicyclic) bond motifs is 7. The van der Waals surface area contributed by atoms with E-state index in [1.165, 1.54) is 5.56 Å². The molecule has 0 saturated carbocycles. The van der Waals surface area contributed by atoms with Gasteiger partial charge in [0.05, 0.1) is 11.2 Å². The summed E-state index contributed by atoms with van der Waals surface area (Å²) in [6.07, 6.45) is 0. The molecule has 3 heterocycles. The molecule has 0 fully saturated rings. The molecule has 8 aromatic carbocycles. The van der Waals surface area contributed by atoms with Crippen molar-refractivity contribution in [3.63, 3.8) is 0 Å². The van der Waals surface area contributed by atoms with Gasteiger partial charge in [-0.1, -0.05) is 164 Å². The second-order valence-electron chi connectivity index (χ2n) is 14.2. The largest absolute Gasteiger partial charge is 0.456 e. The first kappa shape index (κ1) is 32.7. The number of benzene rings is 8. The molecule has 0 unspecified atom stereocenters. The topological polar surface area (TPSA) is 64.7 Å². The van der Waals surface area contributed by atoms with E-state index in [1.807, 2.05) is 42.5 Å². The lowest BCUT2D eigenvalue weighted by atomic mass is 9.95. The van der Waals surface area contributed by atoms with Gasteiger partial charge in [0, 0.05) is 49.2 Å². The van der Waals surface area contributed by atoms with E-state index in [-0.39, 0.29) is 0 Å². The smallest absolute Gasteiger partial charge is 0.164 e. The SMILES string of the molecule is c1ccc(-c2ccc(-c3nc(-c4ccccc4)nc(-c4ccc(-c5ccc6oc7ccc8c(-c9ccccc9)nc9ccccc9c8c7c6c5)cc4)n3)cc2)cc1. The Morgan fingerprint density at radius 3 is 1.37 bits per heavy atom. The average molecular weight is 729 g/mol. The highest BCUT2D eigenvalue weighted by atomic mass is 16.3. The van der Waals surface area contributed by atoms with E-state index < -0.39 is 0 Å². The number of para-hydroxylation sites is 1. The highest BCUT2D eigenvalue weighted by Gasteiger charge is 2.18. The van der Waals surface area contributed by atoms with Gasteiger partial charge in [-0.3, -0.25) is 0 Å². The summed E-state index contributed by atoms with van der Waals surface area (Å²) in [5.41, 5.74) is 12.0. The van der Waals surface area contributed by atoms with Crippen LogP contribution in [0.25, 0.3) is 111 Å². The van der Waals surface area contributed by atoms with E-state index in [1.54, 1.807) is 0 Å². The molecule has 0 spiro atoms. The van der Waals surface area contributed by atoms with Gasteiger partial charge in [0.15, 0.2) is 17.5 Å². The molecular formula is C52H32N4O. The van der Waals surface area contributed by atoms with Crippen molar-refractivity contribution in [2.45, 2.75) is 0 Å². The minimum atomic E-state index is 0.620. The van der Waals surface area contributed by atoms with Gasteiger partial charge in [-0.15, -0.1) is 0 Å². The zero-order chi connectivity index (χ0) is 37.7. The molecule has 0 saturated heterocycles. The van der Waals surface area contributed by atoms with Crippen molar-refractivity contribution in [3.8, 4) is 67.7 Å². The number of hydrogen-bond donors (Lipinski definition) is 0. The molecule has 57 heavy (non-hydrogen) atoms. The minimum Gasteiger partial charge on any atom is -0.456 e. The number of aromatic nitrogens is 4. The predicted molar refractivity (Wildman–Crippen MR) is 233 cm³/mol. The van der Waals surface area contributed by atoms with Crippen LogP contribution in [0.15, 0.2) is 199 Å². The molecule has 0 aliphatic heterocycles. The van der Waals surface area contributed by atoms with Crippen molar-refractivity contribution in [2.75, 3.05) is 0 Å². The highest BCUT2D eigenvalue weighted by molar-refractivity contribution is 6.28. The monoisotopic (exact) mass is 728 g/mol. The van der Waals surface area contributed by atoms with Gasteiger partial charge in [0.1, 0.15) is 11.2 Å². The lowest BCUT2D eigenvalue weighted by molar-refractivity contribution is 0.669. The third-order valence-electron chi connectivity index (χ3n) is 10.7. The number of pyridine rings is 1. The first-order valence-corrected chi connectivity index (χ1v) is 19.0. The van der Waals surface area contributed by atoms with Gasteiger partial charge in [-0.25, -0.2) is 19.9 Å². The summed E-state index contributed by atoms with van der Waals surface area (Å²) in [6.45, 7) is 0. The maximum Gasteiger partial charge on any atom is 0.164 e. The molecule has 5 heteroatoms. The van der Waals surface area contributed by atoms with Crippen LogP contribution in [0.5, 0.6) is 0 Å². The molecule has 0 atom stereocenters. The van der Waals surface area contributed by atoms with Crippen molar-refractivity contribution in [1.29, 1.82) is 0 Å². The summed E-state index contributed by atoms with van der Waals surface area (Å²) < 4.78 is 6.50. The Balaban J connectivity index is 1.01. The van der Waals surface area contributed by atoms with Crippen LogP contribution in [0, 0.1) is 0 Å². The number of rotatable bonds is 6. The summed E-state index contributed by atoms with van der Waals surface area (Å²) in [4.78, 5) is 20.1. The van der Waals surface area contributed by atoms with Crippen molar-refractivity contribution in [2.24, 2.45) is 0 Å². The Morgan fingerprint density at radius 2 is 0.737 bits per heavy atom. The van der Waals surface area contributed by atoms with Gasteiger partial charge < -0.3 is 4.42 Å². The van der Waals surface area contributed by atoms with Crippen LogP contribution in [0.2, 0.25) is 0 Å². The summed E-state index contributed by atoms with van der Waals surface area (Å²) >= 11 is 0. The second kappa shape index (κ2) is 13.5. The van der Waals surface area contributed by atoms with E-state index in [0.717, 1.165) is 88.3 Å². The Hall–Kier alpha value is -7.76. The Bertz CT molecular complexity index is 3250. The third-order valence-corrected chi connectivity index (χ3v) is 10.7. The first-order valence-electron chi connectivity index (χ1n) is 19.0. The molecule has 11 aromatic rings. The van der Waals surface area contributed by atoms with E-state index in [0.29, 0.717) is 17.5 Å². The highest BCUT2D eigenvalue weighted by Crippen LogP contribution is 2.42. The second-order valence-corrected chi connectivity index (χ2v) is 14.2. The lowest BCUT2D eigenvalue weighted by Gasteiger charge is -2.11. The Kier molecular flexibility index (Phi) is 7.74. The molecule has 0 N–H and O–H groups in total. The van der Waals surface area contributed by atoms with Crippen LogP contribution in [-0.4, -0.2) is 19.9 Å². The molecule has 11 rings (SSSR count). The van der Waals surface area contributed by atoms with E-state index >= 15 is 0 Å². The fourth-order valence-electron chi connectivity index (χ4n) is 7.91. The maximum atomic E-state index is 6.50. The molecule has 0 aliphatic carbocycles. The number of furan rings is 1. The summed E-state index contributed by atoms with van der Waals surface area (Å²) in [5, 5.41) is 5.52. The van der Waals surface area contributed by atoms with Gasteiger partial charge in [-0.05, 0) is 52.6 Å². The van der Waals surface area contributed by atoms with Crippen LogP contribution in [0.3, 0.4) is 0 Å². The number of hydrogen-bond acceptors (Lipinski definition) is 5. The van der Waals surface area contributed by atoms with E-state index in [4.69, 9.17) is 24.4 Å². The zero-order valence-electron chi connectivity index (χ0n) is 30.7. The molecule has 266 valence electrons. The Morgan fingerprint density at radius 1 is 0.281 bits per heavy atom. The predicted octanol–water partition coefficient (Wildman–Crippen LogP) is 13.5. The molecular weight excluding hydrogens is 697 g/mol. The van der Waals surface area contributed by atoms with Crippen molar-refractivity contribution < 1.29 is 4.42 Å². The molecule has 3 aromatic heterocycles. The average Bonchev–Trinajstić information content (AvgIpc) is 3.68. The van der Waals surface area contributed by atoms with Gasteiger partial charge in [0.2, 0.25) is 0 Å². The third kappa shape index (κ3) is 5.81. The van der Waals surface area contributed by atoms with E-state index in [2.05, 4.69) is 152 Å². The van der Waals surface area contributed by atoms with Crippen LogP contribution >= 0.6 is 0 Å². The van der Waals surface area contributed by atoms with Crippen LogP contribution in [0.4, 0.5) is 0 Å². The summed E-state index contributed by atoms with van der Waals surface area (Å²) in [7, 11) is 0. The maximum absolute atomic E-state index is 6.50. The fraction of sp³-hybridized carbons (Fsp3) is 0. The summed E-state index contributed by atoms with van der Waals surface area (Å²) in [6, 6.07) is 66.8. The number of nitrogens with zero attached hydrogens (tertiary/aromatic N) is 4. The first-order chi connectivity index (χ1) is 28.2. The molecule has 0 radical (unpaired) electrons. The van der Waals surface area contributed by atoms with Crippen LogP contribution in [0.1, 0.15) is 0 Å². The molecule has 0 aliphatic rings. The van der Waals surface area contributed by atoms with Crippen molar-refractivity contribution in [3.05, 3.63) is 194 Å². The van der Waals surface area contributed by atoms with Gasteiger partial charge in [-0.2, -0.15) is 0 Å². The molecule has 5 nitrogen and oxygen atoms in total. The quantitative estimate of drug-likeness (QED) is 0.160. The standard InChI is InChI=1S/C52H32N4O/c1-4-12-33(13-5-1)34-20-24-38(25-21-34)51-54-50(37-16-8-3-9-17-37)55-52(56-51)39-26-22-35(23-27-39)40-28-30-45-43(32-40)48-46(57-45)31-29-42-47(48)41-18-10-11-19-44(41)53-49(42)36-14-6-2-7-15-36/h1-32H.